The number of carbonyl (C=O) groups excluding carboxylic acids is 1. The van der Waals surface area contributed by atoms with Crippen molar-refractivity contribution in [3.8, 4) is 0 Å². The Bertz CT molecular complexity index is 598. The van der Waals surface area contributed by atoms with Crippen LogP contribution in [-0.2, 0) is 9.53 Å². The van der Waals surface area contributed by atoms with E-state index in [1.807, 2.05) is 20.2 Å². The number of amides is 1. The molecule has 7 nitrogen and oxygen atoms in total. The number of ether oxygens (including phenoxy) is 1. The van der Waals surface area contributed by atoms with Crippen LogP contribution in [0.25, 0.3) is 0 Å². The van der Waals surface area contributed by atoms with Gasteiger partial charge in [-0.3, -0.25) is 9.69 Å². The molecule has 4 rings (SSSR count). The van der Waals surface area contributed by atoms with Crippen molar-refractivity contribution in [2.24, 2.45) is 5.92 Å². The summed E-state index contributed by atoms with van der Waals surface area (Å²) in [7, 11) is 3.64. The van der Waals surface area contributed by atoms with Gasteiger partial charge in [0, 0.05) is 39.6 Å². The number of likely N-dealkylation sites (N-methyl/N-ethyl adjacent to an activating group) is 1. The van der Waals surface area contributed by atoms with E-state index in [4.69, 9.17) is 4.74 Å². The van der Waals surface area contributed by atoms with Crippen molar-refractivity contribution in [1.82, 2.24) is 19.8 Å². The smallest absolute Gasteiger partial charge is 0.241 e. The molecule has 3 aliphatic rings. The Labute approximate surface area is 142 Å². The SMILES string of the molecule is CN(C)C(=O)[C@H]1COC2(CN(c3ncccn3)C2)CN1CC1CC1. The third kappa shape index (κ3) is 2.98. The van der Waals surface area contributed by atoms with Crippen LogP contribution in [0, 0.1) is 5.92 Å². The maximum Gasteiger partial charge on any atom is 0.241 e. The molecule has 0 radical (unpaired) electrons. The van der Waals surface area contributed by atoms with Crippen LogP contribution >= 0.6 is 0 Å². The minimum absolute atomic E-state index is 0.145. The molecule has 2 saturated heterocycles. The number of morpholine rings is 1. The maximum atomic E-state index is 12.5. The molecule has 1 aromatic rings. The van der Waals surface area contributed by atoms with Gasteiger partial charge in [0.1, 0.15) is 11.6 Å². The third-order valence-corrected chi connectivity index (χ3v) is 5.19. The van der Waals surface area contributed by atoms with Gasteiger partial charge in [-0.1, -0.05) is 0 Å². The molecule has 24 heavy (non-hydrogen) atoms. The molecule has 1 aromatic heterocycles. The molecular formula is C17H25N5O2. The van der Waals surface area contributed by atoms with E-state index >= 15 is 0 Å². The molecule has 0 unspecified atom stereocenters. The Morgan fingerprint density at radius 1 is 1.29 bits per heavy atom. The van der Waals surface area contributed by atoms with E-state index in [1.165, 1.54) is 12.8 Å². The first-order valence-corrected chi connectivity index (χ1v) is 8.67. The quantitative estimate of drug-likeness (QED) is 0.787. The number of aromatic nitrogens is 2. The number of anilines is 1. The fourth-order valence-corrected chi connectivity index (χ4v) is 3.67. The van der Waals surface area contributed by atoms with E-state index in [2.05, 4.69) is 19.8 Å². The summed E-state index contributed by atoms with van der Waals surface area (Å²) in [6, 6.07) is 1.68. The van der Waals surface area contributed by atoms with Crippen LogP contribution in [0.5, 0.6) is 0 Å². The van der Waals surface area contributed by atoms with E-state index in [1.54, 1.807) is 17.3 Å². The lowest BCUT2D eigenvalue weighted by atomic mass is 9.90. The lowest BCUT2D eigenvalue weighted by Gasteiger charge is -2.55. The van der Waals surface area contributed by atoms with E-state index in [9.17, 15) is 4.79 Å². The summed E-state index contributed by atoms with van der Waals surface area (Å²) in [5.74, 6) is 1.66. The first kappa shape index (κ1) is 15.8. The molecular weight excluding hydrogens is 306 g/mol. The van der Waals surface area contributed by atoms with Crippen molar-refractivity contribution in [3.05, 3.63) is 18.5 Å². The molecule has 0 N–H and O–H groups in total. The zero-order chi connectivity index (χ0) is 16.7. The largest absolute Gasteiger partial charge is 0.368 e. The molecule has 1 spiro atoms. The number of hydrogen-bond acceptors (Lipinski definition) is 6. The molecule has 1 saturated carbocycles. The van der Waals surface area contributed by atoms with Crippen molar-refractivity contribution >= 4 is 11.9 Å². The Balaban J connectivity index is 1.43. The summed E-state index contributed by atoms with van der Waals surface area (Å²) in [4.78, 5) is 27.3. The van der Waals surface area contributed by atoms with E-state index in [-0.39, 0.29) is 17.6 Å². The number of nitrogens with zero attached hydrogens (tertiary/aromatic N) is 5. The molecule has 7 heteroatoms. The molecule has 3 heterocycles. The molecule has 1 amide bonds. The minimum atomic E-state index is -0.183. The summed E-state index contributed by atoms with van der Waals surface area (Å²) in [5, 5.41) is 0. The second-order valence-electron chi connectivity index (χ2n) is 7.52. The average Bonchev–Trinajstić information content (AvgIpc) is 3.36. The van der Waals surface area contributed by atoms with Crippen molar-refractivity contribution in [2.45, 2.75) is 24.5 Å². The fourth-order valence-electron chi connectivity index (χ4n) is 3.67. The monoisotopic (exact) mass is 331 g/mol. The molecule has 3 fully saturated rings. The molecule has 0 aromatic carbocycles. The van der Waals surface area contributed by atoms with E-state index in [0.29, 0.717) is 6.61 Å². The fraction of sp³-hybridized carbons (Fsp3) is 0.706. The summed E-state index contributed by atoms with van der Waals surface area (Å²) >= 11 is 0. The molecule has 0 bridgehead atoms. The Morgan fingerprint density at radius 3 is 2.62 bits per heavy atom. The highest BCUT2D eigenvalue weighted by atomic mass is 16.5. The standard InChI is InChI=1S/C17H25N5O2/c1-20(2)15(23)14-9-24-17(10-21(14)8-13-4-5-13)11-22(12-17)16-18-6-3-7-19-16/h3,6-7,13-14H,4-5,8-12H2,1-2H3/t14-/m1/s1. The van der Waals surface area contributed by atoms with Gasteiger partial charge < -0.3 is 14.5 Å². The van der Waals surface area contributed by atoms with Gasteiger partial charge >= 0.3 is 0 Å². The maximum absolute atomic E-state index is 12.5. The highest BCUT2D eigenvalue weighted by Crippen LogP contribution is 2.36. The van der Waals surface area contributed by atoms with Crippen LogP contribution in [0.3, 0.4) is 0 Å². The van der Waals surface area contributed by atoms with Gasteiger partial charge in [-0.25, -0.2) is 9.97 Å². The van der Waals surface area contributed by atoms with Gasteiger partial charge in [-0.2, -0.15) is 0 Å². The number of rotatable bonds is 4. The lowest BCUT2D eigenvalue weighted by Crippen LogP contribution is -2.73. The van der Waals surface area contributed by atoms with Crippen LogP contribution < -0.4 is 4.90 Å². The van der Waals surface area contributed by atoms with Gasteiger partial charge in [-0.15, -0.1) is 0 Å². The zero-order valence-electron chi connectivity index (χ0n) is 14.4. The highest BCUT2D eigenvalue weighted by Gasteiger charge is 2.52. The first-order valence-electron chi connectivity index (χ1n) is 8.67. The minimum Gasteiger partial charge on any atom is -0.368 e. The van der Waals surface area contributed by atoms with Gasteiger partial charge in [0.25, 0.3) is 0 Å². The summed E-state index contributed by atoms with van der Waals surface area (Å²) in [5.41, 5.74) is -0.183. The average molecular weight is 331 g/mol. The summed E-state index contributed by atoms with van der Waals surface area (Å²) in [6.45, 7) is 3.89. The van der Waals surface area contributed by atoms with Crippen molar-refractivity contribution in [2.75, 3.05) is 51.8 Å². The molecule has 1 aliphatic carbocycles. The topological polar surface area (TPSA) is 61.8 Å². The Morgan fingerprint density at radius 2 is 2.00 bits per heavy atom. The van der Waals surface area contributed by atoms with E-state index < -0.39 is 0 Å². The zero-order valence-corrected chi connectivity index (χ0v) is 14.4. The van der Waals surface area contributed by atoms with Crippen molar-refractivity contribution < 1.29 is 9.53 Å². The summed E-state index contributed by atoms with van der Waals surface area (Å²) < 4.78 is 6.18. The van der Waals surface area contributed by atoms with Gasteiger partial charge in [0.2, 0.25) is 11.9 Å². The predicted octanol–water partition coefficient (Wildman–Crippen LogP) is 0.234. The van der Waals surface area contributed by atoms with Crippen LogP contribution in [-0.4, -0.2) is 84.2 Å². The molecule has 2 aliphatic heterocycles. The second kappa shape index (κ2) is 5.97. The first-order chi connectivity index (χ1) is 11.6. The van der Waals surface area contributed by atoms with Crippen molar-refractivity contribution in [1.29, 1.82) is 0 Å². The predicted molar refractivity (Wildman–Crippen MR) is 89.7 cm³/mol. The number of carbonyl (C=O) groups is 1. The van der Waals surface area contributed by atoms with Crippen LogP contribution in [0.2, 0.25) is 0 Å². The highest BCUT2D eigenvalue weighted by molar-refractivity contribution is 5.81. The Hall–Kier alpha value is -1.73. The summed E-state index contributed by atoms with van der Waals surface area (Å²) in [6.07, 6.45) is 6.11. The van der Waals surface area contributed by atoms with Crippen LogP contribution in [0.15, 0.2) is 18.5 Å². The van der Waals surface area contributed by atoms with E-state index in [0.717, 1.165) is 38.0 Å². The van der Waals surface area contributed by atoms with Gasteiger partial charge in [0.15, 0.2) is 0 Å². The second-order valence-corrected chi connectivity index (χ2v) is 7.52. The third-order valence-electron chi connectivity index (χ3n) is 5.19. The van der Waals surface area contributed by atoms with Crippen LogP contribution in [0.1, 0.15) is 12.8 Å². The Kier molecular flexibility index (Phi) is 3.92. The number of hydrogen-bond donors (Lipinski definition) is 0. The van der Waals surface area contributed by atoms with Gasteiger partial charge in [-0.05, 0) is 24.8 Å². The molecule has 1 atom stereocenters. The normalized spacial score (nSPS) is 26.2. The molecule has 130 valence electrons. The van der Waals surface area contributed by atoms with Crippen LogP contribution in [0.4, 0.5) is 5.95 Å². The van der Waals surface area contributed by atoms with Crippen molar-refractivity contribution in [3.63, 3.8) is 0 Å². The van der Waals surface area contributed by atoms with Gasteiger partial charge in [0.05, 0.1) is 19.7 Å². The lowest BCUT2D eigenvalue weighted by molar-refractivity contribution is -0.167.